The van der Waals surface area contributed by atoms with Crippen molar-refractivity contribution >= 4 is 59.1 Å². The second-order valence-corrected chi connectivity index (χ2v) is 13.0. The first-order valence-corrected chi connectivity index (χ1v) is 18.5. The van der Waals surface area contributed by atoms with Crippen LogP contribution in [0, 0.1) is 0 Å². The molecule has 19 nitrogen and oxygen atoms in total. The number of anilines is 1. The molecule has 0 bridgehead atoms. The Balaban J connectivity index is 1.14. The normalized spacial score (nSPS) is 12.2. The van der Waals surface area contributed by atoms with Crippen LogP contribution in [0.4, 0.5) is 10.5 Å². The second-order valence-electron chi connectivity index (χ2n) is 13.0. The SMILES string of the molecule is NC(=O)c1cccc(CNC(=O)OCc2ccc(NC(=O)CNC(=O)C(Cc3ccccc3)NC(=O)COC(=O)CNC(=O)CCCCCN3C(=O)C=CC3=O)cc2)n1. The smallest absolute Gasteiger partial charge is 0.407 e. The van der Waals surface area contributed by atoms with Crippen LogP contribution in [0.25, 0.3) is 0 Å². The Morgan fingerprint density at radius 2 is 1.44 bits per heavy atom. The summed E-state index contributed by atoms with van der Waals surface area (Å²) >= 11 is 0. The third-order valence-electron chi connectivity index (χ3n) is 8.42. The predicted molar refractivity (Wildman–Crippen MR) is 208 cm³/mol. The maximum Gasteiger partial charge on any atom is 0.407 e. The number of hydrogen-bond donors (Lipinski definition) is 6. The van der Waals surface area contributed by atoms with E-state index >= 15 is 0 Å². The summed E-state index contributed by atoms with van der Waals surface area (Å²) in [6.45, 7) is -1.47. The third kappa shape index (κ3) is 15.9. The van der Waals surface area contributed by atoms with E-state index in [1.807, 2.05) is 0 Å². The van der Waals surface area contributed by atoms with Crippen molar-refractivity contribution in [2.24, 2.45) is 5.73 Å². The standard InChI is InChI=1S/C40H44N8O11/c41-38(55)30-11-7-10-29(45-30)21-44-40(57)59-24-27-13-15-28(16-14-27)46-33(50)22-43-39(56)31(20-26-8-3-1-4-9-26)47-34(51)25-58-37(54)23-42-32(49)12-5-2-6-19-48-35(52)17-18-36(48)53/h1,3-4,7-11,13-18,31H,2,5-6,12,19-25H2,(H2,41,55)(H,42,49)(H,43,56)(H,44,57)(H,46,50)(H,47,51). The van der Waals surface area contributed by atoms with Gasteiger partial charge < -0.3 is 41.8 Å². The van der Waals surface area contributed by atoms with Gasteiger partial charge in [-0.1, -0.05) is 55.0 Å². The molecule has 0 radical (unpaired) electrons. The summed E-state index contributed by atoms with van der Waals surface area (Å²) in [5.41, 5.74) is 7.43. The number of unbranched alkanes of at least 4 members (excludes halogenated alkanes) is 2. The summed E-state index contributed by atoms with van der Waals surface area (Å²) < 4.78 is 10.2. The average Bonchev–Trinajstić information content (AvgIpc) is 3.55. The zero-order valence-electron chi connectivity index (χ0n) is 31.9. The molecule has 0 aliphatic carbocycles. The molecule has 0 saturated heterocycles. The monoisotopic (exact) mass is 812 g/mol. The van der Waals surface area contributed by atoms with Crippen LogP contribution in [0.3, 0.4) is 0 Å². The van der Waals surface area contributed by atoms with Gasteiger partial charge in [0.1, 0.15) is 24.9 Å². The van der Waals surface area contributed by atoms with Crippen molar-refractivity contribution in [1.29, 1.82) is 0 Å². The van der Waals surface area contributed by atoms with Gasteiger partial charge in [-0.3, -0.25) is 43.3 Å². The summed E-state index contributed by atoms with van der Waals surface area (Å²) in [4.78, 5) is 115. The van der Waals surface area contributed by atoms with E-state index in [9.17, 15) is 43.2 Å². The van der Waals surface area contributed by atoms with Gasteiger partial charge in [-0.2, -0.15) is 0 Å². The maximum atomic E-state index is 13.2. The molecule has 1 aliphatic heterocycles. The molecule has 1 unspecified atom stereocenters. The summed E-state index contributed by atoms with van der Waals surface area (Å²) in [6.07, 6.45) is 3.42. The number of carbonyl (C=O) groups excluding carboxylic acids is 9. The van der Waals surface area contributed by atoms with Crippen LogP contribution in [0.5, 0.6) is 0 Å². The number of rotatable bonds is 22. The molecule has 0 saturated carbocycles. The molecular formula is C40H44N8O11. The summed E-state index contributed by atoms with van der Waals surface area (Å²) in [7, 11) is 0. The summed E-state index contributed by atoms with van der Waals surface area (Å²) in [5.74, 6) is -4.75. The van der Waals surface area contributed by atoms with Crippen LogP contribution in [-0.2, 0) is 62.6 Å². The van der Waals surface area contributed by atoms with Gasteiger partial charge in [-0.05, 0) is 48.2 Å². The fourth-order valence-corrected chi connectivity index (χ4v) is 5.39. The largest absolute Gasteiger partial charge is 0.454 e. The number of amides is 8. The minimum atomic E-state index is -1.14. The van der Waals surface area contributed by atoms with Gasteiger partial charge in [0, 0.05) is 37.2 Å². The number of primary amides is 1. The number of hydrogen-bond acceptors (Lipinski definition) is 12. The van der Waals surface area contributed by atoms with E-state index in [0.29, 0.717) is 41.8 Å². The Labute approximate surface area is 338 Å². The minimum absolute atomic E-state index is 0.0126. The lowest BCUT2D eigenvalue weighted by atomic mass is 10.1. The van der Waals surface area contributed by atoms with Crippen molar-refractivity contribution in [2.75, 3.05) is 31.6 Å². The average molecular weight is 813 g/mol. The molecular weight excluding hydrogens is 768 g/mol. The number of aromatic nitrogens is 1. The third-order valence-corrected chi connectivity index (χ3v) is 8.42. The molecule has 1 aromatic heterocycles. The molecule has 2 heterocycles. The van der Waals surface area contributed by atoms with Gasteiger partial charge in [0.15, 0.2) is 6.61 Å². The Kier molecular flexibility index (Phi) is 17.2. The van der Waals surface area contributed by atoms with Gasteiger partial charge in [0.2, 0.25) is 17.7 Å². The van der Waals surface area contributed by atoms with Gasteiger partial charge in [-0.15, -0.1) is 0 Å². The quantitative estimate of drug-likeness (QED) is 0.0461. The first kappa shape index (κ1) is 44.3. The van der Waals surface area contributed by atoms with Crippen LogP contribution in [0.1, 0.15) is 53.0 Å². The number of benzene rings is 2. The predicted octanol–water partition coefficient (Wildman–Crippen LogP) is 0.534. The molecule has 0 fully saturated rings. The molecule has 1 atom stereocenters. The van der Waals surface area contributed by atoms with E-state index in [2.05, 4.69) is 31.6 Å². The van der Waals surface area contributed by atoms with Crippen LogP contribution < -0.4 is 32.3 Å². The number of ether oxygens (including phenoxy) is 2. The number of esters is 1. The number of alkyl carbamates (subject to hydrolysis) is 1. The van der Waals surface area contributed by atoms with Gasteiger partial charge in [0.05, 0.1) is 18.8 Å². The maximum absolute atomic E-state index is 13.2. The first-order chi connectivity index (χ1) is 28.4. The van der Waals surface area contributed by atoms with Crippen molar-refractivity contribution in [2.45, 2.75) is 51.3 Å². The number of pyridine rings is 1. The molecule has 19 heteroatoms. The van der Waals surface area contributed by atoms with Crippen molar-refractivity contribution < 1.29 is 52.6 Å². The minimum Gasteiger partial charge on any atom is -0.454 e. The van der Waals surface area contributed by atoms with Crippen LogP contribution in [0.2, 0.25) is 0 Å². The number of nitrogens with zero attached hydrogens (tertiary/aromatic N) is 2. The first-order valence-electron chi connectivity index (χ1n) is 18.5. The Bertz CT molecular complexity index is 2020. The highest BCUT2D eigenvalue weighted by Gasteiger charge is 2.24. The van der Waals surface area contributed by atoms with E-state index in [4.69, 9.17) is 15.2 Å². The highest BCUT2D eigenvalue weighted by atomic mass is 16.5. The molecule has 8 amide bonds. The topological polar surface area (TPSA) is 274 Å². The lowest BCUT2D eigenvalue weighted by molar-refractivity contribution is -0.148. The van der Waals surface area contributed by atoms with E-state index in [0.717, 1.165) is 4.90 Å². The number of imide groups is 1. The Morgan fingerprint density at radius 3 is 2.15 bits per heavy atom. The fourth-order valence-electron chi connectivity index (χ4n) is 5.39. The van der Waals surface area contributed by atoms with Crippen molar-refractivity contribution in [3.63, 3.8) is 0 Å². The molecule has 4 rings (SSSR count). The van der Waals surface area contributed by atoms with Crippen molar-refractivity contribution in [3.8, 4) is 0 Å². The van der Waals surface area contributed by atoms with Crippen LogP contribution in [0.15, 0.2) is 84.9 Å². The zero-order chi connectivity index (χ0) is 42.6. The van der Waals surface area contributed by atoms with E-state index in [-0.39, 0.29) is 50.0 Å². The van der Waals surface area contributed by atoms with E-state index < -0.39 is 67.3 Å². The van der Waals surface area contributed by atoms with Gasteiger partial charge in [-0.25, -0.2) is 9.78 Å². The summed E-state index contributed by atoms with van der Waals surface area (Å²) in [5, 5.41) is 12.6. The highest BCUT2D eigenvalue weighted by molar-refractivity contribution is 6.12. The van der Waals surface area contributed by atoms with Crippen molar-refractivity contribution in [3.05, 3.63) is 107 Å². The van der Waals surface area contributed by atoms with E-state index in [1.54, 1.807) is 66.7 Å². The lowest BCUT2D eigenvalue weighted by Crippen LogP contribution is -2.50. The molecule has 310 valence electrons. The number of carbonyl (C=O) groups is 9. The van der Waals surface area contributed by atoms with Crippen LogP contribution >= 0.6 is 0 Å². The van der Waals surface area contributed by atoms with Crippen molar-refractivity contribution in [1.82, 2.24) is 31.2 Å². The lowest BCUT2D eigenvalue weighted by Gasteiger charge is -2.19. The fraction of sp³-hybridized carbons (Fsp3) is 0.300. The second kappa shape index (κ2) is 23.0. The molecule has 0 spiro atoms. The zero-order valence-corrected chi connectivity index (χ0v) is 31.9. The highest BCUT2D eigenvalue weighted by Crippen LogP contribution is 2.11. The molecule has 2 aromatic carbocycles. The van der Waals surface area contributed by atoms with E-state index in [1.165, 1.54) is 18.2 Å². The molecule has 1 aliphatic rings. The number of nitrogens with one attached hydrogen (secondary N) is 5. The Morgan fingerprint density at radius 1 is 0.712 bits per heavy atom. The Hall–Kier alpha value is -7.44. The molecule has 59 heavy (non-hydrogen) atoms. The number of nitrogens with two attached hydrogens (primary N) is 1. The van der Waals surface area contributed by atoms with Gasteiger partial charge in [0.25, 0.3) is 23.6 Å². The summed E-state index contributed by atoms with van der Waals surface area (Å²) in [6, 6.07) is 18.7. The van der Waals surface area contributed by atoms with Crippen LogP contribution in [-0.4, -0.2) is 95.6 Å². The molecule has 7 N–H and O–H groups in total. The van der Waals surface area contributed by atoms with Gasteiger partial charge >= 0.3 is 12.1 Å². The molecule has 3 aromatic rings.